The smallest absolute Gasteiger partial charge is 0.325 e. The molecule has 1 rings (SSSR count). The van der Waals surface area contributed by atoms with E-state index in [1.807, 2.05) is 0 Å². The third-order valence-electron chi connectivity index (χ3n) is 4.19. The maximum absolute atomic E-state index is 12.4. The van der Waals surface area contributed by atoms with Gasteiger partial charge in [0.1, 0.15) is 6.04 Å². The van der Waals surface area contributed by atoms with Crippen molar-refractivity contribution in [3.8, 4) is 0 Å². The standard InChI is InChI=1S/C17H33N2O6PS/c1-24-11-7-13-27-14-16(20)19-10-6-8-15(19)17(21)18-9-4-3-5-12-25-26(2,22)23/h15H,3-14H2,1-2H3,(H,18,21)(H,22,23). The van der Waals surface area contributed by atoms with Crippen LogP contribution >= 0.6 is 19.4 Å². The van der Waals surface area contributed by atoms with Crippen molar-refractivity contribution in [3.05, 3.63) is 0 Å². The molecule has 1 heterocycles. The number of methoxy groups -OCH3 is 1. The number of nitrogens with one attached hydrogen (secondary N) is 1. The summed E-state index contributed by atoms with van der Waals surface area (Å²) in [6.45, 7) is 3.28. The number of carbonyl (C=O) groups excluding carboxylic acids is 2. The zero-order valence-electron chi connectivity index (χ0n) is 16.4. The van der Waals surface area contributed by atoms with E-state index in [1.54, 1.807) is 23.8 Å². The molecule has 8 nitrogen and oxygen atoms in total. The lowest BCUT2D eigenvalue weighted by Crippen LogP contribution is -2.46. The molecule has 1 aliphatic heterocycles. The van der Waals surface area contributed by atoms with E-state index in [9.17, 15) is 14.2 Å². The van der Waals surface area contributed by atoms with E-state index in [4.69, 9.17) is 14.2 Å². The van der Waals surface area contributed by atoms with Gasteiger partial charge in [-0.05, 0) is 44.3 Å². The molecule has 0 bridgehead atoms. The van der Waals surface area contributed by atoms with E-state index in [0.29, 0.717) is 38.3 Å². The first-order valence-corrected chi connectivity index (χ1v) is 12.6. The van der Waals surface area contributed by atoms with Crippen LogP contribution in [0.1, 0.15) is 38.5 Å². The van der Waals surface area contributed by atoms with Gasteiger partial charge < -0.3 is 24.4 Å². The maximum atomic E-state index is 12.4. The predicted octanol–water partition coefficient (Wildman–Crippen LogP) is 1.87. The Morgan fingerprint density at radius 3 is 2.74 bits per heavy atom. The average molecular weight is 425 g/mol. The molecule has 0 aromatic carbocycles. The summed E-state index contributed by atoms with van der Waals surface area (Å²) in [5, 5.41) is 2.90. The first-order valence-electron chi connectivity index (χ1n) is 9.44. The van der Waals surface area contributed by atoms with Crippen molar-refractivity contribution in [2.24, 2.45) is 0 Å². The highest BCUT2D eigenvalue weighted by atomic mass is 32.2. The molecule has 1 aliphatic rings. The van der Waals surface area contributed by atoms with Crippen LogP contribution in [0.2, 0.25) is 0 Å². The lowest BCUT2D eigenvalue weighted by Gasteiger charge is -2.24. The number of rotatable bonds is 14. The summed E-state index contributed by atoms with van der Waals surface area (Å²) < 4.78 is 20.8. The van der Waals surface area contributed by atoms with Gasteiger partial charge in [0.05, 0.1) is 12.4 Å². The van der Waals surface area contributed by atoms with Crippen LogP contribution in [0, 0.1) is 0 Å². The van der Waals surface area contributed by atoms with Gasteiger partial charge in [0.15, 0.2) is 0 Å². The van der Waals surface area contributed by atoms with E-state index < -0.39 is 7.60 Å². The molecule has 0 spiro atoms. The summed E-state index contributed by atoms with van der Waals surface area (Å²) >= 11 is 1.58. The van der Waals surface area contributed by atoms with Crippen molar-refractivity contribution in [2.75, 3.05) is 51.6 Å². The summed E-state index contributed by atoms with van der Waals surface area (Å²) in [4.78, 5) is 35.4. The Balaban J connectivity index is 2.19. The Morgan fingerprint density at radius 2 is 2.04 bits per heavy atom. The molecule has 10 heteroatoms. The maximum Gasteiger partial charge on any atom is 0.325 e. The van der Waals surface area contributed by atoms with Crippen LogP contribution < -0.4 is 5.32 Å². The van der Waals surface area contributed by atoms with Crippen molar-refractivity contribution in [1.82, 2.24) is 10.2 Å². The van der Waals surface area contributed by atoms with E-state index in [-0.39, 0.29) is 24.5 Å². The second-order valence-electron chi connectivity index (χ2n) is 6.63. The van der Waals surface area contributed by atoms with E-state index in [2.05, 4.69) is 5.32 Å². The first-order chi connectivity index (χ1) is 12.8. The molecule has 2 unspecified atom stereocenters. The molecular weight excluding hydrogens is 391 g/mol. The Morgan fingerprint density at radius 1 is 1.26 bits per heavy atom. The van der Waals surface area contributed by atoms with E-state index in [0.717, 1.165) is 31.4 Å². The minimum absolute atomic E-state index is 0.0280. The summed E-state index contributed by atoms with van der Waals surface area (Å²) in [5.41, 5.74) is 0. The fourth-order valence-corrected chi connectivity index (χ4v) is 4.13. The summed E-state index contributed by atoms with van der Waals surface area (Å²) in [5.74, 6) is 1.22. The fraction of sp³-hybridized carbons (Fsp3) is 0.882. The van der Waals surface area contributed by atoms with Gasteiger partial charge in [-0.15, -0.1) is 0 Å². The molecular formula is C17H33N2O6PS. The van der Waals surface area contributed by atoms with Gasteiger partial charge in [0, 0.05) is 33.5 Å². The van der Waals surface area contributed by atoms with Crippen LogP contribution in [-0.4, -0.2) is 79.2 Å². The molecule has 1 saturated heterocycles. The monoisotopic (exact) mass is 424 g/mol. The number of hydrogen-bond donors (Lipinski definition) is 2. The number of amides is 2. The largest absolute Gasteiger partial charge is 0.385 e. The van der Waals surface area contributed by atoms with E-state index in [1.165, 1.54) is 6.66 Å². The molecule has 1 fully saturated rings. The van der Waals surface area contributed by atoms with Crippen molar-refractivity contribution in [1.29, 1.82) is 0 Å². The molecule has 27 heavy (non-hydrogen) atoms. The Kier molecular flexibility index (Phi) is 12.3. The van der Waals surface area contributed by atoms with Crippen LogP contribution in [0.4, 0.5) is 0 Å². The van der Waals surface area contributed by atoms with Crippen molar-refractivity contribution in [3.63, 3.8) is 0 Å². The zero-order valence-corrected chi connectivity index (χ0v) is 18.1. The molecule has 0 radical (unpaired) electrons. The second-order valence-corrected chi connectivity index (χ2v) is 9.60. The summed E-state index contributed by atoms with van der Waals surface area (Å²) in [6.07, 6.45) is 4.71. The average Bonchev–Trinajstić information content (AvgIpc) is 3.09. The Bertz CT molecular complexity index is 502. The molecule has 2 atom stereocenters. The number of thioether (sulfide) groups is 1. The van der Waals surface area contributed by atoms with Gasteiger partial charge in [-0.2, -0.15) is 11.8 Å². The van der Waals surface area contributed by atoms with Crippen LogP contribution in [-0.2, 0) is 23.4 Å². The van der Waals surface area contributed by atoms with Gasteiger partial charge >= 0.3 is 7.60 Å². The highest BCUT2D eigenvalue weighted by Gasteiger charge is 2.33. The quantitative estimate of drug-likeness (QED) is 0.324. The topological polar surface area (TPSA) is 105 Å². The van der Waals surface area contributed by atoms with Crippen LogP contribution in [0.25, 0.3) is 0 Å². The lowest BCUT2D eigenvalue weighted by atomic mass is 10.2. The minimum atomic E-state index is -3.40. The number of ether oxygens (including phenoxy) is 1. The molecule has 0 saturated carbocycles. The molecule has 2 amide bonds. The van der Waals surface area contributed by atoms with Crippen molar-refractivity contribution in [2.45, 2.75) is 44.6 Å². The van der Waals surface area contributed by atoms with Gasteiger partial charge in [-0.3, -0.25) is 14.2 Å². The Labute approximate surface area is 166 Å². The van der Waals surface area contributed by atoms with Crippen LogP contribution in [0.3, 0.4) is 0 Å². The highest BCUT2D eigenvalue weighted by molar-refractivity contribution is 7.99. The number of likely N-dealkylation sites (tertiary alicyclic amines) is 1. The normalized spacial score (nSPS) is 19.1. The number of carbonyl (C=O) groups is 2. The Hall–Kier alpha value is -0.600. The number of hydrogen-bond acceptors (Lipinski definition) is 6. The summed E-state index contributed by atoms with van der Waals surface area (Å²) in [7, 11) is -1.73. The molecule has 0 aromatic heterocycles. The molecule has 2 N–H and O–H groups in total. The third kappa shape index (κ3) is 11.1. The van der Waals surface area contributed by atoms with Crippen LogP contribution in [0.5, 0.6) is 0 Å². The fourth-order valence-electron chi connectivity index (χ4n) is 2.85. The number of unbranched alkanes of at least 4 members (excludes halogenated alkanes) is 2. The second kappa shape index (κ2) is 13.6. The van der Waals surface area contributed by atoms with Crippen molar-refractivity contribution < 1.29 is 28.3 Å². The van der Waals surface area contributed by atoms with E-state index >= 15 is 0 Å². The first kappa shape index (κ1) is 24.4. The summed E-state index contributed by atoms with van der Waals surface area (Å²) in [6, 6.07) is -0.360. The van der Waals surface area contributed by atoms with Gasteiger partial charge in [-0.1, -0.05) is 0 Å². The van der Waals surface area contributed by atoms with Gasteiger partial charge in [0.2, 0.25) is 11.8 Å². The van der Waals surface area contributed by atoms with Gasteiger partial charge in [0.25, 0.3) is 0 Å². The predicted molar refractivity (Wildman–Crippen MR) is 107 cm³/mol. The third-order valence-corrected chi connectivity index (χ3v) is 5.88. The minimum Gasteiger partial charge on any atom is -0.385 e. The van der Waals surface area contributed by atoms with Crippen molar-refractivity contribution >= 4 is 31.2 Å². The molecule has 0 aliphatic carbocycles. The molecule has 158 valence electrons. The number of nitrogens with zero attached hydrogens (tertiary/aromatic N) is 1. The highest BCUT2D eigenvalue weighted by Crippen LogP contribution is 2.36. The SMILES string of the molecule is COCCCSCC(=O)N1CCCC1C(=O)NCCCCCOP(C)(=O)O. The molecule has 0 aromatic rings. The zero-order chi connectivity index (χ0) is 20.1. The van der Waals surface area contributed by atoms with Crippen LogP contribution in [0.15, 0.2) is 0 Å². The lowest BCUT2D eigenvalue weighted by molar-refractivity contribution is -0.136. The van der Waals surface area contributed by atoms with Gasteiger partial charge in [-0.25, -0.2) is 0 Å².